The summed E-state index contributed by atoms with van der Waals surface area (Å²) in [5, 5.41) is 12.8. The number of aryl methyl sites for hydroxylation is 1. The molecule has 0 bridgehead atoms. The molecular formula is C28H32F3N5O4. The third-order valence-electron chi connectivity index (χ3n) is 6.81. The summed E-state index contributed by atoms with van der Waals surface area (Å²) in [6, 6.07) is 12.2. The number of hydrogen-bond acceptors (Lipinski definition) is 7. The number of alkyl halides is 3. The second-order valence-electron chi connectivity index (χ2n) is 9.72. The van der Waals surface area contributed by atoms with Gasteiger partial charge >= 0.3 is 6.36 Å². The van der Waals surface area contributed by atoms with Gasteiger partial charge in [0.25, 0.3) is 5.91 Å². The Hall–Kier alpha value is -4.09. The van der Waals surface area contributed by atoms with Gasteiger partial charge in [0.2, 0.25) is 17.6 Å². The standard InChI is InChI=1S/C28H32F3N5O4/c1-18-35-25(36-40-18)20-7-9-21(10-8-20)26(37)34-17-24(19-5-3-2-4-6-19)27(38)33-16-15-32-22-11-13-23(14-12-22)39-28(29,30)31/h7-14,19,24,32H,2-6,15-17H2,1H3,(H,33,38)(H,34,37). The molecule has 0 saturated heterocycles. The van der Waals surface area contributed by atoms with E-state index in [2.05, 4.69) is 30.8 Å². The van der Waals surface area contributed by atoms with Gasteiger partial charge in [-0.25, -0.2) is 0 Å². The summed E-state index contributed by atoms with van der Waals surface area (Å²) in [6.45, 7) is 2.61. The number of halogens is 3. The maximum atomic E-state index is 13.1. The van der Waals surface area contributed by atoms with Crippen LogP contribution in [0.5, 0.6) is 5.75 Å². The van der Waals surface area contributed by atoms with Crippen LogP contribution in [0.4, 0.5) is 18.9 Å². The third kappa shape index (κ3) is 8.45. The van der Waals surface area contributed by atoms with E-state index in [9.17, 15) is 22.8 Å². The Morgan fingerprint density at radius 1 is 1.00 bits per heavy atom. The fourth-order valence-corrected chi connectivity index (χ4v) is 4.80. The maximum Gasteiger partial charge on any atom is 0.573 e. The lowest BCUT2D eigenvalue weighted by molar-refractivity contribution is -0.274. The number of carbonyl (C=O) groups is 2. The van der Waals surface area contributed by atoms with Gasteiger partial charge in [-0.05, 0) is 55.2 Å². The van der Waals surface area contributed by atoms with Crippen molar-refractivity contribution in [2.24, 2.45) is 11.8 Å². The van der Waals surface area contributed by atoms with Crippen molar-refractivity contribution in [2.75, 3.05) is 25.0 Å². The number of hydrogen-bond donors (Lipinski definition) is 3. The van der Waals surface area contributed by atoms with Gasteiger partial charge in [-0.1, -0.05) is 36.6 Å². The summed E-state index contributed by atoms with van der Waals surface area (Å²) < 4.78 is 45.8. The summed E-state index contributed by atoms with van der Waals surface area (Å²) in [6.07, 6.45) is 0.354. The minimum Gasteiger partial charge on any atom is -0.406 e. The lowest BCUT2D eigenvalue weighted by Crippen LogP contribution is -2.44. The topological polar surface area (TPSA) is 118 Å². The molecule has 0 aliphatic heterocycles. The molecule has 214 valence electrons. The lowest BCUT2D eigenvalue weighted by Gasteiger charge is -2.29. The zero-order valence-corrected chi connectivity index (χ0v) is 22.1. The van der Waals surface area contributed by atoms with Gasteiger partial charge in [0.15, 0.2) is 0 Å². The Bertz CT molecular complexity index is 1260. The first-order valence-corrected chi connectivity index (χ1v) is 13.2. The number of carbonyl (C=O) groups excluding carboxylic acids is 2. The molecule has 2 amide bonds. The van der Waals surface area contributed by atoms with Crippen LogP contribution < -0.4 is 20.7 Å². The number of anilines is 1. The van der Waals surface area contributed by atoms with E-state index in [1.807, 2.05) is 0 Å². The Labute approximate surface area is 229 Å². The quantitative estimate of drug-likeness (QED) is 0.280. The maximum absolute atomic E-state index is 13.1. The van der Waals surface area contributed by atoms with Crippen molar-refractivity contribution in [3.63, 3.8) is 0 Å². The largest absolute Gasteiger partial charge is 0.573 e. The number of amides is 2. The van der Waals surface area contributed by atoms with Crippen molar-refractivity contribution in [1.29, 1.82) is 0 Å². The highest BCUT2D eigenvalue weighted by atomic mass is 19.4. The average Bonchev–Trinajstić information content (AvgIpc) is 3.38. The molecule has 1 saturated carbocycles. The summed E-state index contributed by atoms with van der Waals surface area (Å²) in [5.74, 6) is -0.0121. The van der Waals surface area contributed by atoms with Crippen molar-refractivity contribution in [2.45, 2.75) is 45.4 Å². The van der Waals surface area contributed by atoms with Crippen LogP contribution in [0.2, 0.25) is 0 Å². The van der Waals surface area contributed by atoms with Crippen LogP contribution in [0.1, 0.15) is 48.4 Å². The smallest absolute Gasteiger partial charge is 0.406 e. The molecule has 9 nitrogen and oxygen atoms in total. The van der Waals surface area contributed by atoms with Crippen molar-refractivity contribution in [3.8, 4) is 17.1 Å². The van der Waals surface area contributed by atoms with E-state index >= 15 is 0 Å². The van der Waals surface area contributed by atoms with Crippen LogP contribution in [0.15, 0.2) is 53.1 Å². The van der Waals surface area contributed by atoms with Crippen LogP contribution in [-0.4, -0.2) is 48.0 Å². The molecule has 0 spiro atoms. The van der Waals surface area contributed by atoms with Crippen LogP contribution in [0, 0.1) is 18.8 Å². The molecule has 1 aromatic heterocycles. The second-order valence-corrected chi connectivity index (χ2v) is 9.72. The first-order valence-electron chi connectivity index (χ1n) is 13.2. The molecule has 12 heteroatoms. The van der Waals surface area contributed by atoms with E-state index in [0.717, 1.165) is 37.7 Å². The molecule has 1 unspecified atom stereocenters. The normalized spacial score (nSPS) is 14.8. The first-order chi connectivity index (χ1) is 19.2. The van der Waals surface area contributed by atoms with E-state index in [4.69, 9.17) is 4.52 Å². The highest BCUT2D eigenvalue weighted by Crippen LogP contribution is 2.30. The van der Waals surface area contributed by atoms with E-state index in [-0.39, 0.29) is 35.9 Å². The molecule has 1 aliphatic carbocycles. The number of rotatable bonds is 11. The van der Waals surface area contributed by atoms with Gasteiger partial charge < -0.3 is 25.2 Å². The Morgan fingerprint density at radius 3 is 2.33 bits per heavy atom. The van der Waals surface area contributed by atoms with Crippen molar-refractivity contribution < 1.29 is 32.0 Å². The molecule has 2 aromatic carbocycles. The Morgan fingerprint density at radius 2 is 1.70 bits per heavy atom. The molecular weight excluding hydrogens is 527 g/mol. The molecule has 3 aromatic rings. The summed E-state index contributed by atoms with van der Waals surface area (Å²) >= 11 is 0. The predicted octanol–water partition coefficient (Wildman–Crippen LogP) is 5.10. The fraction of sp³-hybridized carbons (Fsp3) is 0.429. The lowest BCUT2D eigenvalue weighted by atomic mass is 9.79. The van der Waals surface area contributed by atoms with Gasteiger partial charge in [0.1, 0.15) is 5.75 Å². The second kappa shape index (κ2) is 13.3. The SMILES string of the molecule is Cc1nc(-c2ccc(C(=O)NCC(C(=O)NCCNc3ccc(OC(F)(F)F)cc3)C3CCCCC3)cc2)no1. The van der Waals surface area contributed by atoms with Gasteiger partial charge in [0.05, 0.1) is 5.92 Å². The van der Waals surface area contributed by atoms with Gasteiger partial charge in [-0.3, -0.25) is 9.59 Å². The Balaban J connectivity index is 1.28. The molecule has 3 N–H and O–H groups in total. The minimum atomic E-state index is -4.74. The van der Waals surface area contributed by atoms with Crippen molar-refractivity contribution in [1.82, 2.24) is 20.8 Å². The molecule has 1 atom stereocenters. The van der Waals surface area contributed by atoms with Crippen LogP contribution in [0.25, 0.3) is 11.4 Å². The minimum absolute atomic E-state index is 0.134. The molecule has 1 fully saturated rings. The van der Waals surface area contributed by atoms with E-state index in [1.165, 1.54) is 24.3 Å². The highest BCUT2D eigenvalue weighted by molar-refractivity contribution is 5.95. The number of ether oxygens (including phenoxy) is 1. The monoisotopic (exact) mass is 559 g/mol. The van der Waals surface area contributed by atoms with Gasteiger partial charge in [-0.2, -0.15) is 4.98 Å². The highest BCUT2D eigenvalue weighted by Gasteiger charge is 2.31. The first kappa shape index (κ1) is 28.9. The van der Waals surface area contributed by atoms with E-state index < -0.39 is 6.36 Å². The molecule has 1 heterocycles. The summed E-state index contributed by atoms with van der Waals surface area (Å²) in [7, 11) is 0. The fourth-order valence-electron chi connectivity index (χ4n) is 4.80. The van der Waals surface area contributed by atoms with Crippen LogP contribution >= 0.6 is 0 Å². The predicted molar refractivity (Wildman–Crippen MR) is 141 cm³/mol. The van der Waals surface area contributed by atoms with Gasteiger partial charge in [0, 0.05) is 43.4 Å². The molecule has 1 aliphatic rings. The average molecular weight is 560 g/mol. The zero-order valence-electron chi connectivity index (χ0n) is 22.1. The molecule has 40 heavy (non-hydrogen) atoms. The van der Waals surface area contributed by atoms with Crippen LogP contribution in [-0.2, 0) is 4.79 Å². The summed E-state index contributed by atoms with van der Waals surface area (Å²) in [4.78, 5) is 30.2. The Kier molecular flexibility index (Phi) is 9.62. The number of nitrogens with one attached hydrogen (secondary N) is 3. The van der Waals surface area contributed by atoms with E-state index in [0.29, 0.717) is 36.1 Å². The van der Waals surface area contributed by atoms with Gasteiger partial charge in [-0.15, -0.1) is 13.2 Å². The molecule has 4 rings (SSSR count). The number of aromatic nitrogens is 2. The van der Waals surface area contributed by atoms with Crippen molar-refractivity contribution in [3.05, 3.63) is 60.0 Å². The van der Waals surface area contributed by atoms with Crippen LogP contribution in [0.3, 0.4) is 0 Å². The third-order valence-corrected chi connectivity index (χ3v) is 6.81. The van der Waals surface area contributed by atoms with Crippen molar-refractivity contribution >= 4 is 17.5 Å². The zero-order chi connectivity index (χ0) is 28.5. The number of nitrogens with zero attached hydrogens (tertiary/aromatic N) is 2. The number of benzene rings is 2. The van der Waals surface area contributed by atoms with E-state index in [1.54, 1.807) is 31.2 Å². The molecule has 0 radical (unpaired) electrons. The summed E-state index contributed by atoms with van der Waals surface area (Å²) in [5.41, 5.74) is 1.79.